The van der Waals surface area contributed by atoms with E-state index in [4.69, 9.17) is 4.74 Å². The smallest absolute Gasteiger partial charge is 0.289 e. The number of hydrogen-bond acceptors (Lipinski definition) is 6. The molecule has 0 radical (unpaired) electrons. The Kier molecular flexibility index (Phi) is 9.83. The molecule has 2 aromatic carbocycles. The van der Waals surface area contributed by atoms with Gasteiger partial charge in [-0.3, -0.25) is 24.2 Å². The number of carbonyl (C=O) groups is 4. The summed E-state index contributed by atoms with van der Waals surface area (Å²) in [5, 5.41) is 7.50. The van der Waals surface area contributed by atoms with Crippen LogP contribution in [0.2, 0.25) is 0 Å². The Morgan fingerprint density at radius 2 is 1.62 bits per heavy atom. The third-order valence-electron chi connectivity index (χ3n) is 5.26. The van der Waals surface area contributed by atoms with Crippen LogP contribution in [0.4, 0.5) is 4.39 Å². The van der Waals surface area contributed by atoms with Gasteiger partial charge in [-0.05, 0) is 36.8 Å². The molecule has 3 aromatic rings. The summed E-state index contributed by atoms with van der Waals surface area (Å²) >= 11 is 0. The van der Waals surface area contributed by atoms with E-state index < -0.39 is 48.0 Å². The lowest BCUT2D eigenvalue weighted by Gasteiger charge is -2.21. The van der Waals surface area contributed by atoms with Crippen molar-refractivity contribution in [3.05, 3.63) is 96.1 Å². The Bertz CT molecular complexity index is 1220. The monoisotopic (exact) mass is 506 g/mol. The second kappa shape index (κ2) is 13.5. The first-order valence-electron chi connectivity index (χ1n) is 11.6. The fourth-order valence-electron chi connectivity index (χ4n) is 3.33. The first-order chi connectivity index (χ1) is 17.8. The first-order valence-corrected chi connectivity index (χ1v) is 11.6. The molecular formula is C27H27FN4O5. The van der Waals surface area contributed by atoms with Crippen LogP contribution >= 0.6 is 0 Å². The number of pyridine rings is 1. The summed E-state index contributed by atoms with van der Waals surface area (Å²) in [5.41, 5.74) is 1.30. The summed E-state index contributed by atoms with van der Waals surface area (Å²) in [6.07, 6.45) is 1.64. The van der Waals surface area contributed by atoms with Crippen LogP contribution in [0.1, 0.15) is 18.2 Å². The fraction of sp³-hybridized carbons (Fsp3) is 0.222. The van der Waals surface area contributed by atoms with E-state index in [1.165, 1.54) is 25.1 Å². The van der Waals surface area contributed by atoms with Crippen molar-refractivity contribution < 1.29 is 28.3 Å². The van der Waals surface area contributed by atoms with E-state index in [1.54, 1.807) is 60.8 Å². The van der Waals surface area contributed by atoms with Gasteiger partial charge in [0.1, 0.15) is 12.1 Å². The summed E-state index contributed by atoms with van der Waals surface area (Å²) in [7, 11) is 0. The highest BCUT2D eigenvalue weighted by Gasteiger charge is 2.29. The van der Waals surface area contributed by atoms with Crippen molar-refractivity contribution in [3.8, 4) is 5.75 Å². The molecule has 37 heavy (non-hydrogen) atoms. The normalized spacial score (nSPS) is 12.1. The number of benzene rings is 2. The van der Waals surface area contributed by atoms with Gasteiger partial charge in [-0.25, -0.2) is 4.39 Å². The lowest BCUT2D eigenvalue weighted by Crippen LogP contribution is -2.54. The molecule has 9 nitrogen and oxygen atoms in total. The van der Waals surface area contributed by atoms with Gasteiger partial charge in [-0.2, -0.15) is 0 Å². The van der Waals surface area contributed by atoms with Gasteiger partial charge in [-0.15, -0.1) is 0 Å². The van der Waals surface area contributed by atoms with E-state index >= 15 is 0 Å². The average molecular weight is 507 g/mol. The zero-order valence-corrected chi connectivity index (χ0v) is 20.1. The van der Waals surface area contributed by atoms with Gasteiger partial charge in [0.15, 0.2) is 18.2 Å². The summed E-state index contributed by atoms with van der Waals surface area (Å²) in [4.78, 5) is 54.6. The fourth-order valence-corrected chi connectivity index (χ4v) is 3.33. The molecule has 3 N–H and O–H groups in total. The van der Waals surface area contributed by atoms with Gasteiger partial charge in [0.05, 0.1) is 12.2 Å². The Hall–Kier alpha value is -4.60. The largest absolute Gasteiger partial charge is 0.481 e. The quantitative estimate of drug-likeness (QED) is 0.321. The molecule has 3 amide bonds. The third kappa shape index (κ3) is 8.53. The second-order valence-electron chi connectivity index (χ2n) is 8.13. The van der Waals surface area contributed by atoms with Crippen molar-refractivity contribution in [2.45, 2.75) is 32.0 Å². The zero-order valence-electron chi connectivity index (χ0n) is 20.1. The molecule has 192 valence electrons. The highest BCUT2D eigenvalue weighted by atomic mass is 19.1. The summed E-state index contributed by atoms with van der Waals surface area (Å²) in [5.74, 6) is -3.77. The van der Waals surface area contributed by atoms with Gasteiger partial charge < -0.3 is 20.7 Å². The molecule has 3 rings (SSSR count). The van der Waals surface area contributed by atoms with Crippen molar-refractivity contribution in [1.82, 2.24) is 20.9 Å². The van der Waals surface area contributed by atoms with Gasteiger partial charge in [0.2, 0.25) is 11.7 Å². The van der Waals surface area contributed by atoms with Crippen LogP contribution in [-0.2, 0) is 32.1 Å². The topological polar surface area (TPSA) is 126 Å². The van der Waals surface area contributed by atoms with Crippen molar-refractivity contribution in [2.24, 2.45) is 0 Å². The van der Waals surface area contributed by atoms with Crippen molar-refractivity contribution in [2.75, 3.05) is 6.61 Å². The summed E-state index contributed by atoms with van der Waals surface area (Å²) in [6, 6.07) is 17.5. The number of amides is 3. The number of halogens is 1. The Labute approximate surface area is 213 Å². The molecule has 1 heterocycles. The van der Waals surface area contributed by atoms with E-state index in [1.807, 2.05) is 0 Å². The molecule has 0 aliphatic rings. The standard InChI is InChI=1S/C27H27FN4O5/c1-18(31-24(33)17-37-23-13-6-5-12-21(23)28)26(35)32-22(15-19-9-3-2-4-10-19)25(34)27(36)30-16-20-11-7-8-14-29-20/h2-14,18,22H,15-17H2,1H3,(H,30,36)(H,31,33)(H,32,35)/t18-,22-/m1/s1. The lowest BCUT2D eigenvalue weighted by molar-refractivity contribution is -0.140. The molecule has 0 spiro atoms. The Balaban J connectivity index is 1.59. The molecule has 0 bridgehead atoms. The molecule has 0 saturated carbocycles. The minimum Gasteiger partial charge on any atom is -0.481 e. The SMILES string of the molecule is C[C@@H](NC(=O)COc1ccccc1F)C(=O)N[C@H](Cc1ccccc1)C(=O)C(=O)NCc1ccccn1. The first kappa shape index (κ1) is 27.0. The molecule has 0 fully saturated rings. The van der Waals surface area contributed by atoms with Gasteiger partial charge in [-0.1, -0.05) is 48.5 Å². The van der Waals surface area contributed by atoms with E-state index in [0.717, 1.165) is 5.56 Å². The highest BCUT2D eigenvalue weighted by molar-refractivity contribution is 6.38. The number of carbonyl (C=O) groups excluding carboxylic acids is 4. The van der Waals surface area contributed by atoms with E-state index in [-0.39, 0.29) is 18.7 Å². The predicted octanol–water partition coefficient (Wildman–Crippen LogP) is 1.72. The number of rotatable bonds is 12. The van der Waals surface area contributed by atoms with Gasteiger partial charge in [0, 0.05) is 12.6 Å². The molecule has 10 heteroatoms. The minimum absolute atomic E-state index is 0.0475. The minimum atomic E-state index is -1.17. The summed E-state index contributed by atoms with van der Waals surface area (Å²) in [6.45, 7) is 0.953. The molecule has 0 saturated heterocycles. The summed E-state index contributed by atoms with van der Waals surface area (Å²) < 4.78 is 18.8. The molecule has 1 aromatic heterocycles. The molecule has 0 aliphatic carbocycles. The molecule has 0 aliphatic heterocycles. The van der Waals surface area contributed by atoms with Crippen molar-refractivity contribution in [1.29, 1.82) is 0 Å². The Morgan fingerprint density at radius 3 is 2.32 bits per heavy atom. The van der Waals surface area contributed by atoms with E-state index in [0.29, 0.717) is 5.69 Å². The number of Topliss-reactive ketones (excluding diaryl/α,β-unsaturated/α-hetero) is 1. The number of nitrogens with one attached hydrogen (secondary N) is 3. The number of ether oxygens (including phenoxy) is 1. The number of nitrogens with zero attached hydrogens (tertiary/aromatic N) is 1. The molecular weight excluding hydrogens is 479 g/mol. The van der Waals surface area contributed by atoms with Crippen LogP contribution in [0.25, 0.3) is 0 Å². The van der Waals surface area contributed by atoms with Crippen LogP contribution in [-0.4, -0.2) is 47.2 Å². The van der Waals surface area contributed by atoms with Crippen LogP contribution in [0.15, 0.2) is 79.0 Å². The number of hydrogen-bond donors (Lipinski definition) is 3. The van der Waals surface area contributed by atoms with Crippen LogP contribution in [0, 0.1) is 5.82 Å². The van der Waals surface area contributed by atoms with Gasteiger partial charge in [0.25, 0.3) is 11.8 Å². The zero-order chi connectivity index (χ0) is 26.6. The van der Waals surface area contributed by atoms with Crippen molar-refractivity contribution >= 4 is 23.5 Å². The van der Waals surface area contributed by atoms with Crippen molar-refractivity contribution in [3.63, 3.8) is 0 Å². The van der Waals surface area contributed by atoms with E-state index in [2.05, 4.69) is 20.9 Å². The van der Waals surface area contributed by atoms with Gasteiger partial charge >= 0.3 is 0 Å². The Morgan fingerprint density at radius 1 is 0.919 bits per heavy atom. The number of aromatic nitrogens is 1. The average Bonchev–Trinajstić information content (AvgIpc) is 2.91. The van der Waals surface area contributed by atoms with E-state index in [9.17, 15) is 23.6 Å². The second-order valence-corrected chi connectivity index (χ2v) is 8.13. The van der Waals surface area contributed by atoms with Crippen LogP contribution in [0.3, 0.4) is 0 Å². The van der Waals surface area contributed by atoms with Crippen LogP contribution < -0.4 is 20.7 Å². The highest BCUT2D eigenvalue weighted by Crippen LogP contribution is 2.15. The third-order valence-corrected chi connectivity index (χ3v) is 5.26. The lowest BCUT2D eigenvalue weighted by atomic mass is 10.0. The maximum absolute atomic E-state index is 13.7. The number of para-hydroxylation sites is 1. The number of ketones is 1. The predicted molar refractivity (Wildman–Crippen MR) is 133 cm³/mol. The van der Waals surface area contributed by atoms with Crippen LogP contribution in [0.5, 0.6) is 5.75 Å². The molecule has 2 atom stereocenters. The maximum Gasteiger partial charge on any atom is 0.289 e. The maximum atomic E-state index is 13.7. The molecule has 0 unspecified atom stereocenters.